The molecule has 14 aromatic rings. The lowest BCUT2D eigenvalue weighted by molar-refractivity contribution is 0.670. The van der Waals surface area contributed by atoms with Gasteiger partial charge in [-0.3, -0.25) is 0 Å². The highest BCUT2D eigenvalue weighted by Crippen LogP contribution is 2.39. The van der Waals surface area contributed by atoms with E-state index in [1.807, 2.05) is 0 Å². The van der Waals surface area contributed by atoms with Crippen LogP contribution in [-0.2, 0) is 0 Å². The molecule has 0 spiro atoms. The molecule has 0 aliphatic heterocycles. The first-order valence-corrected chi connectivity index (χ1v) is 27.8. The summed E-state index contributed by atoms with van der Waals surface area (Å²) < 4.78 is 9.34. The zero-order valence-corrected chi connectivity index (χ0v) is 42.1. The summed E-state index contributed by atoms with van der Waals surface area (Å²) in [5.41, 5.74) is 16.8. The zero-order valence-electron chi connectivity index (χ0n) is 41.1. The normalized spacial score (nSPS) is 11.7. The molecule has 0 aliphatic rings. The quantitative estimate of drug-likeness (QED) is 0.0986. The van der Waals surface area contributed by atoms with Gasteiger partial charge in [-0.25, -0.2) is 0 Å². The van der Waals surface area contributed by atoms with Crippen molar-refractivity contribution in [2.45, 2.75) is 0 Å². The van der Waals surface area contributed by atoms with Gasteiger partial charge in [-0.15, -0.1) is 0 Å². The summed E-state index contributed by atoms with van der Waals surface area (Å²) in [4.78, 5) is 0. The fourth-order valence-electron chi connectivity index (χ4n) is 11.9. The Labute approximate surface area is 437 Å². The number of furan rings is 1. The molecular formula is C72H49NOSi. The molecule has 2 nitrogen and oxygen atoms in total. The first kappa shape index (κ1) is 44.2. The molecule has 0 saturated heterocycles. The lowest BCUT2D eigenvalue weighted by Gasteiger charge is -2.36. The number of benzene rings is 12. The van der Waals surface area contributed by atoms with Crippen molar-refractivity contribution in [2.24, 2.45) is 0 Å². The number of fused-ring (bicyclic) bond motifs is 6. The molecule has 352 valence electrons. The van der Waals surface area contributed by atoms with Gasteiger partial charge in [-0.1, -0.05) is 261 Å². The Hall–Kier alpha value is -9.54. The van der Waals surface area contributed by atoms with Gasteiger partial charge in [0, 0.05) is 32.8 Å². The smallest absolute Gasteiger partial charge is 0.179 e. The van der Waals surface area contributed by atoms with Crippen molar-refractivity contribution in [1.29, 1.82) is 0 Å². The van der Waals surface area contributed by atoms with Gasteiger partial charge in [-0.2, -0.15) is 0 Å². The first-order chi connectivity index (χ1) is 37.2. The van der Waals surface area contributed by atoms with Crippen LogP contribution in [0.3, 0.4) is 0 Å². The average Bonchev–Trinajstić information content (AvgIpc) is 4.05. The maximum atomic E-state index is 6.92. The Morgan fingerprint density at radius 2 is 0.653 bits per heavy atom. The second-order valence-electron chi connectivity index (χ2n) is 19.6. The van der Waals surface area contributed by atoms with E-state index < -0.39 is 8.07 Å². The SMILES string of the molecule is c1ccc(-c2cccc([Si](c3cccc(-c4ccccc4)c3)(c3cccc(-c4ccccc4)c3)c3cc(-c4cccc(-n5c6ccccc6c6ccccc65)c4)cc(-c4cccc5c4oc4ccccc45)c3)c2)cc1. The Balaban J connectivity index is 1.11. The van der Waals surface area contributed by atoms with Crippen LogP contribution in [0.4, 0.5) is 0 Å². The number of nitrogens with zero attached hydrogens (tertiary/aromatic N) is 1. The molecule has 0 aliphatic carbocycles. The molecule has 2 aromatic heterocycles. The molecule has 0 amide bonds. The lowest BCUT2D eigenvalue weighted by Crippen LogP contribution is -2.74. The highest BCUT2D eigenvalue weighted by atomic mass is 28.3. The molecule has 0 fully saturated rings. The fraction of sp³-hybridized carbons (Fsp3) is 0. The second-order valence-corrected chi connectivity index (χ2v) is 23.4. The van der Waals surface area contributed by atoms with Crippen LogP contribution in [-0.4, -0.2) is 12.6 Å². The van der Waals surface area contributed by atoms with Crippen LogP contribution in [0.5, 0.6) is 0 Å². The van der Waals surface area contributed by atoms with Crippen molar-refractivity contribution < 1.29 is 4.42 Å². The molecule has 0 atom stereocenters. The van der Waals surface area contributed by atoms with Gasteiger partial charge in [0.15, 0.2) is 8.07 Å². The van der Waals surface area contributed by atoms with E-state index in [2.05, 4.69) is 302 Å². The van der Waals surface area contributed by atoms with E-state index in [1.54, 1.807) is 0 Å². The van der Waals surface area contributed by atoms with Gasteiger partial charge in [0.25, 0.3) is 0 Å². The largest absolute Gasteiger partial charge is 0.455 e. The van der Waals surface area contributed by atoms with E-state index in [0.29, 0.717) is 0 Å². The van der Waals surface area contributed by atoms with Gasteiger partial charge >= 0.3 is 0 Å². The van der Waals surface area contributed by atoms with Crippen LogP contribution >= 0.6 is 0 Å². The minimum Gasteiger partial charge on any atom is -0.455 e. The van der Waals surface area contributed by atoms with E-state index in [1.165, 1.54) is 75.9 Å². The number of rotatable bonds is 10. The third-order valence-corrected chi connectivity index (χ3v) is 20.0. The molecule has 12 aromatic carbocycles. The summed E-state index contributed by atoms with van der Waals surface area (Å²) in [6.07, 6.45) is 0. The summed E-state index contributed by atoms with van der Waals surface area (Å²) in [6.45, 7) is 0. The van der Waals surface area contributed by atoms with Crippen LogP contribution in [0.25, 0.3) is 105 Å². The molecule has 3 heteroatoms. The average molecular weight is 972 g/mol. The number of hydrogen-bond donors (Lipinski definition) is 0. The molecule has 0 unspecified atom stereocenters. The van der Waals surface area contributed by atoms with Crippen molar-refractivity contribution >= 4 is 72.6 Å². The minimum atomic E-state index is -3.40. The Kier molecular flexibility index (Phi) is 10.9. The Bertz CT molecular complexity index is 4160. The second kappa shape index (κ2) is 18.5. The highest BCUT2D eigenvalue weighted by molar-refractivity contribution is 7.20. The summed E-state index contributed by atoms with van der Waals surface area (Å²) in [5, 5.41) is 9.85. The monoisotopic (exact) mass is 971 g/mol. The van der Waals surface area contributed by atoms with E-state index in [9.17, 15) is 0 Å². The van der Waals surface area contributed by atoms with Crippen molar-refractivity contribution in [3.05, 3.63) is 297 Å². The van der Waals surface area contributed by atoms with Crippen molar-refractivity contribution in [2.75, 3.05) is 0 Å². The summed E-state index contributed by atoms with van der Waals surface area (Å²) in [6, 6.07) is 110. The predicted molar refractivity (Wildman–Crippen MR) is 319 cm³/mol. The minimum absolute atomic E-state index is 0.882. The molecule has 0 bridgehead atoms. The molecular weight excluding hydrogens is 923 g/mol. The fourth-order valence-corrected chi connectivity index (χ4v) is 16.8. The first-order valence-electron chi connectivity index (χ1n) is 25.8. The third kappa shape index (κ3) is 7.64. The maximum Gasteiger partial charge on any atom is 0.179 e. The summed E-state index contributed by atoms with van der Waals surface area (Å²) in [7, 11) is -3.40. The molecule has 14 rings (SSSR count). The van der Waals surface area contributed by atoms with Crippen molar-refractivity contribution in [3.63, 3.8) is 0 Å². The lowest BCUT2D eigenvalue weighted by atomic mass is 9.97. The van der Waals surface area contributed by atoms with E-state index in [4.69, 9.17) is 4.42 Å². The molecule has 75 heavy (non-hydrogen) atoms. The van der Waals surface area contributed by atoms with E-state index in [-0.39, 0.29) is 0 Å². The molecule has 0 saturated carbocycles. The zero-order chi connectivity index (χ0) is 49.7. The van der Waals surface area contributed by atoms with Crippen molar-refractivity contribution in [3.8, 4) is 61.3 Å². The van der Waals surface area contributed by atoms with E-state index in [0.717, 1.165) is 49.9 Å². The van der Waals surface area contributed by atoms with Crippen LogP contribution in [0, 0.1) is 0 Å². The van der Waals surface area contributed by atoms with Crippen molar-refractivity contribution in [1.82, 2.24) is 4.57 Å². The van der Waals surface area contributed by atoms with Gasteiger partial charge in [0.2, 0.25) is 0 Å². The third-order valence-electron chi connectivity index (χ3n) is 15.3. The van der Waals surface area contributed by atoms with Crippen LogP contribution in [0.2, 0.25) is 0 Å². The Morgan fingerprint density at radius 3 is 1.20 bits per heavy atom. The van der Waals surface area contributed by atoms with E-state index >= 15 is 0 Å². The summed E-state index contributed by atoms with van der Waals surface area (Å²) in [5.74, 6) is 0. The Morgan fingerprint density at radius 1 is 0.253 bits per heavy atom. The van der Waals surface area contributed by atoms with Gasteiger partial charge in [-0.05, 0) is 107 Å². The van der Waals surface area contributed by atoms with Crippen LogP contribution < -0.4 is 20.7 Å². The van der Waals surface area contributed by atoms with Gasteiger partial charge in [0.1, 0.15) is 11.2 Å². The van der Waals surface area contributed by atoms with Crippen LogP contribution in [0.15, 0.2) is 302 Å². The number of hydrogen-bond acceptors (Lipinski definition) is 1. The standard InChI is InChI=1S/C72H49NOSi/c1-4-21-50(22-5-1)54-28-17-32-60(45-54)75(61-33-18-29-55(46-61)51-23-6-2-7-24-51,62-34-19-30-56(47-62)52-25-8-3-9-26-52)63-48-57(43-58(49-63)64-38-20-39-68-67-37-12-15-42-71(67)74-72(64)68)53-27-16-31-59(44-53)73-69-40-13-10-35-65(69)66-36-11-14-41-70(66)73/h1-49H. The number of para-hydroxylation sites is 4. The summed E-state index contributed by atoms with van der Waals surface area (Å²) >= 11 is 0. The van der Waals surface area contributed by atoms with Gasteiger partial charge in [0.05, 0.1) is 11.0 Å². The highest BCUT2D eigenvalue weighted by Gasteiger charge is 2.43. The molecule has 0 radical (unpaired) electrons. The van der Waals surface area contributed by atoms with Gasteiger partial charge < -0.3 is 8.98 Å². The molecule has 0 N–H and O–H groups in total. The predicted octanol–water partition coefficient (Wildman–Crippen LogP) is 16.4. The number of aromatic nitrogens is 1. The molecule has 2 heterocycles. The topological polar surface area (TPSA) is 18.1 Å². The maximum absolute atomic E-state index is 6.92. The van der Waals surface area contributed by atoms with Crippen LogP contribution in [0.1, 0.15) is 0 Å².